The predicted molar refractivity (Wildman–Crippen MR) is 266 cm³/mol. The molecule has 0 spiro atoms. The Bertz CT molecular complexity index is 3930. The van der Waals surface area contributed by atoms with Gasteiger partial charge in [-0.05, 0) is 122 Å². The van der Waals surface area contributed by atoms with Crippen LogP contribution in [0, 0.1) is 0 Å². The van der Waals surface area contributed by atoms with E-state index in [4.69, 9.17) is 15.0 Å². The number of nitrogens with zero attached hydrogens (tertiary/aromatic N) is 4. The smallest absolute Gasteiger partial charge is 0.164 e. The van der Waals surface area contributed by atoms with E-state index in [9.17, 15) is 0 Å². The average molecular weight is 813 g/mol. The van der Waals surface area contributed by atoms with E-state index in [-0.39, 0.29) is 0 Å². The van der Waals surface area contributed by atoms with Crippen LogP contribution in [0.2, 0.25) is 0 Å². The van der Waals surface area contributed by atoms with Gasteiger partial charge in [-0.15, -0.1) is 0 Å². The number of benzene rings is 10. The Morgan fingerprint density at radius 2 is 0.750 bits per heavy atom. The molecular formula is C60H36N4. The van der Waals surface area contributed by atoms with Gasteiger partial charge in [0.1, 0.15) is 0 Å². The third-order valence-corrected chi connectivity index (χ3v) is 12.9. The van der Waals surface area contributed by atoms with Crippen LogP contribution >= 0.6 is 0 Å². The van der Waals surface area contributed by atoms with Crippen molar-refractivity contribution in [1.29, 1.82) is 0 Å². The van der Waals surface area contributed by atoms with Crippen LogP contribution in [0.25, 0.3) is 132 Å². The Morgan fingerprint density at radius 1 is 0.250 bits per heavy atom. The fourth-order valence-corrected chi connectivity index (χ4v) is 9.93. The van der Waals surface area contributed by atoms with Crippen LogP contribution in [0.1, 0.15) is 0 Å². The van der Waals surface area contributed by atoms with Gasteiger partial charge in [0.15, 0.2) is 17.5 Å². The number of fused-ring (bicyclic) bond motifs is 2. The lowest BCUT2D eigenvalue weighted by Gasteiger charge is -2.17. The van der Waals surface area contributed by atoms with E-state index in [0.29, 0.717) is 17.5 Å². The highest BCUT2D eigenvalue weighted by Crippen LogP contribution is 2.45. The second-order valence-corrected chi connectivity index (χ2v) is 16.6. The molecule has 0 atom stereocenters. The summed E-state index contributed by atoms with van der Waals surface area (Å²) in [5, 5.41) is 15.3. The fourth-order valence-electron chi connectivity index (χ4n) is 9.93. The molecule has 0 amide bonds. The Kier molecular flexibility index (Phi) is 8.18. The van der Waals surface area contributed by atoms with E-state index in [0.717, 1.165) is 44.5 Å². The lowest BCUT2D eigenvalue weighted by Crippen LogP contribution is -2.01. The van der Waals surface area contributed by atoms with Crippen LogP contribution in [0.15, 0.2) is 219 Å². The first-order valence-corrected chi connectivity index (χ1v) is 21.7. The summed E-state index contributed by atoms with van der Waals surface area (Å²) >= 11 is 0. The number of hydrogen-bond donors (Lipinski definition) is 0. The van der Waals surface area contributed by atoms with Gasteiger partial charge in [-0.3, -0.25) is 4.98 Å². The Labute approximate surface area is 369 Å². The molecule has 0 bridgehead atoms. The highest BCUT2D eigenvalue weighted by molar-refractivity contribution is 6.37. The Morgan fingerprint density at radius 3 is 1.41 bits per heavy atom. The molecule has 64 heavy (non-hydrogen) atoms. The average Bonchev–Trinajstić information content (AvgIpc) is 3.37. The van der Waals surface area contributed by atoms with E-state index in [2.05, 4.69) is 175 Å². The summed E-state index contributed by atoms with van der Waals surface area (Å²) in [4.78, 5) is 19.7. The van der Waals surface area contributed by atoms with Gasteiger partial charge >= 0.3 is 0 Å². The summed E-state index contributed by atoms with van der Waals surface area (Å²) in [6, 6.07) is 74.1. The van der Waals surface area contributed by atoms with Crippen molar-refractivity contribution in [2.75, 3.05) is 0 Å². The van der Waals surface area contributed by atoms with Gasteiger partial charge in [-0.25, -0.2) is 15.0 Å². The van der Waals surface area contributed by atoms with Crippen LogP contribution in [0.4, 0.5) is 0 Å². The number of rotatable bonds is 6. The molecule has 0 aliphatic rings. The zero-order chi connectivity index (χ0) is 42.1. The molecule has 296 valence electrons. The SMILES string of the molecule is c1ccc(-c2nc(-c3ccc(-c4cccnc4)cc3)nc(-c3ccccc3-c3cccc(-c4cc5ccc6cccc7c8cccc9ccc%10cccc(c(c4)c5c67)c%10c98)c3)n2)cc1. The summed E-state index contributed by atoms with van der Waals surface area (Å²) in [5.74, 6) is 1.86. The van der Waals surface area contributed by atoms with Crippen molar-refractivity contribution in [2.24, 2.45) is 0 Å². The molecule has 0 aliphatic heterocycles. The van der Waals surface area contributed by atoms with Crippen molar-refractivity contribution in [2.45, 2.75) is 0 Å². The molecule has 0 saturated heterocycles. The molecule has 4 nitrogen and oxygen atoms in total. The largest absolute Gasteiger partial charge is 0.264 e. The molecule has 0 saturated carbocycles. The molecular weight excluding hydrogens is 777 g/mol. The normalized spacial score (nSPS) is 11.8. The summed E-state index contributed by atoms with van der Waals surface area (Å²) in [6.07, 6.45) is 3.67. The molecule has 13 rings (SSSR count). The molecule has 0 radical (unpaired) electrons. The zero-order valence-electron chi connectivity index (χ0n) is 34.6. The van der Waals surface area contributed by atoms with Gasteiger partial charge in [0.25, 0.3) is 0 Å². The van der Waals surface area contributed by atoms with Crippen LogP contribution in [0.5, 0.6) is 0 Å². The minimum atomic E-state index is 0.617. The van der Waals surface area contributed by atoms with Crippen molar-refractivity contribution >= 4 is 64.6 Å². The van der Waals surface area contributed by atoms with Gasteiger partial charge < -0.3 is 0 Å². The Hall–Kier alpha value is -8.60. The highest BCUT2D eigenvalue weighted by atomic mass is 15.0. The van der Waals surface area contributed by atoms with Gasteiger partial charge in [0.2, 0.25) is 0 Å². The molecule has 0 unspecified atom stereocenters. The molecule has 13 aromatic rings. The molecule has 0 aliphatic carbocycles. The first-order chi connectivity index (χ1) is 31.7. The van der Waals surface area contributed by atoms with E-state index in [1.165, 1.54) is 70.2 Å². The van der Waals surface area contributed by atoms with Crippen molar-refractivity contribution in [3.05, 3.63) is 219 Å². The maximum atomic E-state index is 5.19. The van der Waals surface area contributed by atoms with E-state index in [1.807, 2.05) is 42.6 Å². The maximum Gasteiger partial charge on any atom is 0.164 e. The molecule has 4 heteroatoms. The van der Waals surface area contributed by atoms with Crippen LogP contribution < -0.4 is 0 Å². The molecule has 11 aromatic carbocycles. The van der Waals surface area contributed by atoms with E-state index >= 15 is 0 Å². The third kappa shape index (κ3) is 5.84. The topological polar surface area (TPSA) is 51.6 Å². The van der Waals surface area contributed by atoms with E-state index < -0.39 is 0 Å². The molecule has 2 heterocycles. The van der Waals surface area contributed by atoms with Crippen molar-refractivity contribution in [3.63, 3.8) is 0 Å². The van der Waals surface area contributed by atoms with Crippen LogP contribution in [-0.2, 0) is 0 Å². The summed E-state index contributed by atoms with van der Waals surface area (Å²) in [7, 11) is 0. The second kappa shape index (κ2) is 14.5. The second-order valence-electron chi connectivity index (χ2n) is 16.6. The fraction of sp³-hybridized carbons (Fsp3) is 0. The number of hydrogen-bond acceptors (Lipinski definition) is 4. The van der Waals surface area contributed by atoms with E-state index in [1.54, 1.807) is 6.20 Å². The van der Waals surface area contributed by atoms with Crippen molar-refractivity contribution in [1.82, 2.24) is 19.9 Å². The first-order valence-electron chi connectivity index (χ1n) is 21.7. The molecule has 2 aromatic heterocycles. The maximum absolute atomic E-state index is 5.19. The first kappa shape index (κ1) is 36.1. The van der Waals surface area contributed by atoms with Crippen molar-refractivity contribution in [3.8, 4) is 67.5 Å². The van der Waals surface area contributed by atoms with Crippen molar-refractivity contribution < 1.29 is 0 Å². The lowest BCUT2D eigenvalue weighted by molar-refractivity contribution is 1.07. The standard InChI is InChI=1S/C60H36N4/c1-2-11-41(12-3-1)58-62-59(42-29-24-37(25-30-42)46-18-10-32-61-36-46)64-60(63-58)52-20-5-4-19-48(52)44-17-6-16-43(33-44)47-34-45-31-28-40-14-8-22-50-49-21-7-13-38-26-27-39-15-9-23-51(56(39)54(38)49)53(35-47)57(45)55(40)50/h1-36H. The third-order valence-electron chi connectivity index (χ3n) is 12.9. The highest BCUT2D eigenvalue weighted by Gasteiger charge is 2.19. The lowest BCUT2D eigenvalue weighted by atomic mass is 9.86. The molecule has 0 N–H and O–H groups in total. The zero-order valence-corrected chi connectivity index (χ0v) is 34.6. The predicted octanol–water partition coefficient (Wildman–Crippen LogP) is 15.6. The minimum Gasteiger partial charge on any atom is -0.264 e. The van der Waals surface area contributed by atoms with Gasteiger partial charge in [0.05, 0.1) is 0 Å². The minimum absolute atomic E-state index is 0.617. The molecule has 0 fully saturated rings. The van der Waals surface area contributed by atoms with Gasteiger partial charge in [0, 0.05) is 29.1 Å². The van der Waals surface area contributed by atoms with Gasteiger partial charge in [-0.2, -0.15) is 0 Å². The van der Waals surface area contributed by atoms with Crippen LogP contribution in [0.3, 0.4) is 0 Å². The van der Waals surface area contributed by atoms with Gasteiger partial charge in [-0.1, -0.05) is 182 Å². The number of pyridine rings is 1. The Balaban J connectivity index is 0.993. The summed E-state index contributed by atoms with van der Waals surface area (Å²) in [5.41, 5.74) is 9.36. The summed E-state index contributed by atoms with van der Waals surface area (Å²) < 4.78 is 0. The quantitative estimate of drug-likeness (QED) is 0.157. The monoisotopic (exact) mass is 812 g/mol. The van der Waals surface area contributed by atoms with Crippen LogP contribution in [-0.4, -0.2) is 19.9 Å². The summed E-state index contributed by atoms with van der Waals surface area (Å²) in [6.45, 7) is 0. The number of aromatic nitrogens is 4.